The molecule has 5 nitrogen and oxygen atoms in total. The van der Waals surface area contributed by atoms with Crippen molar-refractivity contribution < 1.29 is 19.4 Å². The molecule has 0 aromatic rings. The molecule has 80 valence electrons. The molecular weight excluding hydrogens is 186 g/mol. The zero-order chi connectivity index (χ0) is 11.1. The number of carbonyl (C=O) groups excluding carboxylic acids is 1. The van der Waals surface area contributed by atoms with Crippen molar-refractivity contribution in [2.24, 2.45) is 0 Å². The number of aliphatic carboxylic acids is 1. The van der Waals surface area contributed by atoms with Crippen LogP contribution >= 0.6 is 0 Å². The summed E-state index contributed by atoms with van der Waals surface area (Å²) in [5, 5.41) is 8.55. The van der Waals surface area contributed by atoms with Gasteiger partial charge in [0.05, 0.1) is 6.42 Å². The maximum Gasteiger partial charge on any atom is 0.324 e. The Morgan fingerprint density at radius 3 is 2.50 bits per heavy atom. The number of likely N-dealkylation sites (N-methyl/N-ethyl adjacent to an activating group) is 1. The monoisotopic (exact) mass is 201 g/mol. The smallest absolute Gasteiger partial charge is 0.324 e. The lowest BCUT2D eigenvalue weighted by Crippen LogP contribution is -2.38. The minimum absolute atomic E-state index is 0.1000. The molecule has 0 aromatic heterocycles. The lowest BCUT2D eigenvalue weighted by molar-refractivity contribution is -0.152. The highest BCUT2D eigenvalue weighted by Gasteiger charge is 2.24. The third-order valence-corrected chi connectivity index (χ3v) is 1.61. The van der Waals surface area contributed by atoms with E-state index in [0.717, 1.165) is 0 Å². The largest absolute Gasteiger partial charge is 0.481 e. The molecule has 0 saturated heterocycles. The van der Waals surface area contributed by atoms with Crippen molar-refractivity contribution in [1.29, 1.82) is 0 Å². The summed E-state index contributed by atoms with van der Waals surface area (Å²) in [7, 11) is 3.26. The summed E-state index contributed by atoms with van der Waals surface area (Å²) in [6.07, 6.45) is 1.17. The van der Waals surface area contributed by atoms with E-state index in [1.165, 1.54) is 11.0 Å². The number of carboxylic acid groups (broad SMARTS) is 1. The third-order valence-electron chi connectivity index (χ3n) is 1.61. The highest BCUT2D eigenvalue weighted by atomic mass is 16.5. The van der Waals surface area contributed by atoms with Crippen LogP contribution in [-0.4, -0.2) is 48.7 Å². The SMILES string of the molecule is C=CCOC(=O)C(CC(=O)O)N(C)C. The molecule has 1 unspecified atom stereocenters. The summed E-state index contributed by atoms with van der Waals surface area (Å²) < 4.78 is 4.75. The van der Waals surface area contributed by atoms with E-state index in [1.54, 1.807) is 14.1 Å². The van der Waals surface area contributed by atoms with Gasteiger partial charge in [-0.05, 0) is 14.1 Å². The van der Waals surface area contributed by atoms with E-state index in [1.807, 2.05) is 0 Å². The first-order valence-corrected chi connectivity index (χ1v) is 4.14. The summed E-state index contributed by atoms with van der Waals surface area (Å²) in [6.45, 7) is 3.49. The van der Waals surface area contributed by atoms with Crippen LogP contribution in [0.3, 0.4) is 0 Å². The first-order valence-electron chi connectivity index (χ1n) is 4.14. The summed E-state index contributed by atoms with van der Waals surface area (Å²) in [6, 6.07) is -0.743. The minimum Gasteiger partial charge on any atom is -0.481 e. The maximum atomic E-state index is 11.3. The van der Waals surface area contributed by atoms with Crippen LogP contribution in [0.1, 0.15) is 6.42 Å². The van der Waals surface area contributed by atoms with Crippen molar-refractivity contribution in [2.75, 3.05) is 20.7 Å². The number of carboxylic acids is 1. The fourth-order valence-electron chi connectivity index (χ4n) is 0.879. The molecule has 0 rings (SSSR count). The van der Waals surface area contributed by atoms with E-state index in [2.05, 4.69) is 6.58 Å². The van der Waals surface area contributed by atoms with Gasteiger partial charge in [-0.15, -0.1) is 0 Å². The van der Waals surface area contributed by atoms with Gasteiger partial charge in [0.25, 0.3) is 0 Å². The molecule has 0 aromatic carbocycles. The minimum atomic E-state index is -1.03. The van der Waals surface area contributed by atoms with Gasteiger partial charge in [-0.2, -0.15) is 0 Å². The van der Waals surface area contributed by atoms with Crippen molar-refractivity contribution >= 4 is 11.9 Å². The average Bonchev–Trinajstić information content (AvgIpc) is 2.09. The van der Waals surface area contributed by atoms with Gasteiger partial charge >= 0.3 is 11.9 Å². The Morgan fingerprint density at radius 2 is 2.14 bits per heavy atom. The molecule has 0 aliphatic carbocycles. The Morgan fingerprint density at radius 1 is 1.57 bits per heavy atom. The second-order valence-electron chi connectivity index (χ2n) is 3.00. The summed E-state index contributed by atoms with van der Waals surface area (Å²) in [5.41, 5.74) is 0. The molecular formula is C9H15NO4. The van der Waals surface area contributed by atoms with E-state index in [4.69, 9.17) is 9.84 Å². The second kappa shape index (κ2) is 6.15. The number of carbonyl (C=O) groups is 2. The van der Waals surface area contributed by atoms with Gasteiger partial charge in [0, 0.05) is 0 Å². The van der Waals surface area contributed by atoms with Crippen molar-refractivity contribution in [3.05, 3.63) is 12.7 Å². The van der Waals surface area contributed by atoms with E-state index < -0.39 is 18.0 Å². The second-order valence-corrected chi connectivity index (χ2v) is 3.00. The fourth-order valence-corrected chi connectivity index (χ4v) is 0.879. The van der Waals surface area contributed by atoms with Gasteiger partial charge in [0.15, 0.2) is 0 Å². The highest BCUT2D eigenvalue weighted by Crippen LogP contribution is 2.02. The van der Waals surface area contributed by atoms with E-state index >= 15 is 0 Å². The molecule has 1 N–H and O–H groups in total. The van der Waals surface area contributed by atoms with Crippen LogP contribution in [0, 0.1) is 0 Å². The van der Waals surface area contributed by atoms with E-state index in [-0.39, 0.29) is 13.0 Å². The molecule has 5 heteroatoms. The van der Waals surface area contributed by atoms with Crippen LogP contribution in [0.25, 0.3) is 0 Å². The Balaban J connectivity index is 4.25. The van der Waals surface area contributed by atoms with Crippen LogP contribution in [0.5, 0.6) is 0 Å². The van der Waals surface area contributed by atoms with Crippen LogP contribution in [-0.2, 0) is 14.3 Å². The molecule has 0 spiro atoms. The number of rotatable bonds is 6. The molecule has 1 atom stereocenters. The van der Waals surface area contributed by atoms with E-state index in [9.17, 15) is 9.59 Å². The van der Waals surface area contributed by atoms with Gasteiger partial charge in [-0.3, -0.25) is 14.5 Å². The maximum absolute atomic E-state index is 11.3. The topological polar surface area (TPSA) is 66.8 Å². The molecule has 0 amide bonds. The first kappa shape index (κ1) is 12.6. The number of hydrogen-bond acceptors (Lipinski definition) is 4. The Labute approximate surface area is 83.0 Å². The van der Waals surface area contributed by atoms with Gasteiger partial charge in [0.1, 0.15) is 12.6 Å². The molecule has 0 radical (unpaired) electrons. The quantitative estimate of drug-likeness (QED) is 0.488. The molecule has 0 heterocycles. The number of esters is 1. The van der Waals surface area contributed by atoms with Crippen LogP contribution < -0.4 is 0 Å². The Kier molecular flexibility index (Phi) is 5.55. The predicted molar refractivity (Wildman–Crippen MR) is 50.9 cm³/mol. The van der Waals surface area contributed by atoms with Gasteiger partial charge in [-0.25, -0.2) is 0 Å². The predicted octanol–water partition coefficient (Wildman–Crippen LogP) is 0.121. The lowest BCUT2D eigenvalue weighted by atomic mass is 10.2. The van der Waals surface area contributed by atoms with E-state index in [0.29, 0.717) is 0 Å². The van der Waals surface area contributed by atoms with Crippen LogP contribution in [0.4, 0.5) is 0 Å². The van der Waals surface area contributed by atoms with Crippen LogP contribution in [0.2, 0.25) is 0 Å². The number of hydrogen-bond donors (Lipinski definition) is 1. The molecule has 0 aliphatic rings. The Bertz CT molecular complexity index is 225. The molecule has 0 saturated carbocycles. The average molecular weight is 201 g/mol. The standard InChI is InChI=1S/C9H15NO4/c1-4-5-14-9(13)7(10(2)3)6-8(11)12/h4,7H,1,5-6H2,2-3H3,(H,11,12). The van der Waals surface area contributed by atoms with Crippen molar-refractivity contribution in [3.63, 3.8) is 0 Å². The number of ether oxygens (including phenoxy) is 1. The van der Waals surface area contributed by atoms with Gasteiger partial charge in [0.2, 0.25) is 0 Å². The summed E-state index contributed by atoms with van der Waals surface area (Å²) >= 11 is 0. The van der Waals surface area contributed by atoms with Crippen molar-refractivity contribution in [2.45, 2.75) is 12.5 Å². The van der Waals surface area contributed by atoms with Crippen molar-refractivity contribution in [1.82, 2.24) is 4.90 Å². The zero-order valence-electron chi connectivity index (χ0n) is 8.40. The summed E-state index contributed by atoms with van der Waals surface area (Å²) in [5.74, 6) is -1.57. The third kappa shape index (κ3) is 4.61. The van der Waals surface area contributed by atoms with Gasteiger partial charge in [-0.1, -0.05) is 12.7 Å². The fraction of sp³-hybridized carbons (Fsp3) is 0.556. The lowest BCUT2D eigenvalue weighted by Gasteiger charge is -2.20. The highest BCUT2D eigenvalue weighted by molar-refractivity contribution is 5.81. The molecule has 0 fully saturated rings. The number of nitrogens with zero attached hydrogens (tertiary/aromatic N) is 1. The summed E-state index contributed by atoms with van der Waals surface area (Å²) in [4.78, 5) is 23.3. The zero-order valence-corrected chi connectivity index (χ0v) is 8.40. The van der Waals surface area contributed by atoms with Crippen LogP contribution in [0.15, 0.2) is 12.7 Å². The van der Waals surface area contributed by atoms with Crippen molar-refractivity contribution in [3.8, 4) is 0 Å². The Hall–Kier alpha value is -1.36. The first-order chi connectivity index (χ1) is 6.49. The molecule has 0 aliphatic heterocycles. The van der Waals surface area contributed by atoms with Gasteiger partial charge < -0.3 is 9.84 Å². The molecule has 14 heavy (non-hydrogen) atoms. The molecule has 0 bridgehead atoms. The normalized spacial score (nSPS) is 12.2.